The number of carbonyl (C=O) groups excluding carboxylic acids is 2. The van der Waals surface area contributed by atoms with E-state index in [1.165, 1.54) is 28.8 Å². The van der Waals surface area contributed by atoms with Gasteiger partial charge >= 0.3 is 5.97 Å². The molecule has 6 nitrogen and oxygen atoms in total. The van der Waals surface area contributed by atoms with Gasteiger partial charge in [0.25, 0.3) is 11.8 Å². The summed E-state index contributed by atoms with van der Waals surface area (Å²) in [5, 5.41) is 11.4. The number of hydrogen-bond acceptors (Lipinski definition) is 4. The molecule has 2 atom stereocenters. The topological polar surface area (TPSA) is 86.7 Å². The number of benzene rings is 1. The number of hydrogen-bond donors (Lipinski definition) is 2. The van der Waals surface area contributed by atoms with E-state index in [0.717, 1.165) is 12.1 Å². The predicted octanol–water partition coefficient (Wildman–Crippen LogP) is 1.20. The quantitative estimate of drug-likeness (QED) is 0.810. The van der Waals surface area contributed by atoms with Crippen molar-refractivity contribution in [3.05, 3.63) is 46.9 Å². The Balaban J connectivity index is 1.75. The van der Waals surface area contributed by atoms with Gasteiger partial charge in [-0.05, 0) is 36.8 Å². The molecule has 1 aromatic rings. The number of nitrogens with zero attached hydrogens (tertiary/aromatic N) is 1. The van der Waals surface area contributed by atoms with E-state index in [1.54, 1.807) is 6.92 Å². The van der Waals surface area contributed by atoms with Gasteiger partial charge in [0.2, 0.25) is 0 Å². The van der Waals surface area contributed by atoms with Crippen molar-refractivity contribution in [3.63, 3.8) is 0 Å². The average Bonchev–Trinajstić information content (AvgIpc) is 2.52. The Labute approximate surface area is 135 Å². The van der Waals surface area contributed by atoms with E-state index in [1.807, 2.05) is 0 Å². The number of β-lactam (4-membered cyclic amide) rings is 1. The Morgan fingerprint density at radius 1 is 1.35 bits per heavy atom. The lowest BCUT2D eigenvalue weighted by Gasteiger charge is -2.49. The van der Waals surface area contributed by atoms with Crippen molar-refractivity contribution in [2.24, 2.45) is 0 Å². The normalized spacial score (nSPS) is 23.2. The Morgan fingerprint density at radius 3 is 2.61 bits per heavy atom. The van der Waals surface area contributed by atoms with E-state index in [9.17, 15) is 23.9 Å². The molecular formula is C15H13FN2O4S. The van der Waals surface area contributed by atoms with Crippen molar-refractivity contribution in [2.75, 3.05) is 5.75 Å². The third-order valence-electron chi connectivity index (χ3n) is 3.75. The molecule has 1 aromatic carbocycles. The van der Waals surface area contributed by atoms with E-state index in [0.29, 0.717) is 11.3 Å². The molecule has 0 bridgehead atoms. The zero-order valence-corrected chi connectivity index (χ0v) is 12.9. The molecule has 0 aliphatic carbocycles. The fourth-order valence-corrected chi connectivity index (χ4v) is 3.89. The number of thioether (sulfide) groups is 1. The number of carboxylic acids is 1. The number of aliphatic carboxylic acids is 1. The molecule has 8 heteroatoms. The van der Waals surface area contributed by atoms with Gasteiger partial charge in [0, 0.05) is 11.3 Å². The summed E-state index contributed by atoms with van der Waals surface area (Å²) in [6, 6.07) is 4.19. The van der Waals surface area contributed by atoms with Crippen molar-refractivity contribution in [1.29, 1.82) is 0 Å². The van der Waals surface area contributed by atoms with Gasteiger partial charge in [0.1, 0.15) is 22.9 Å². The fourth-order valence-electron chi connectivity index (χ4n) is 2.60. The number of fused-ring (bicyclic) bond motifs is 1. The molecule has 0 radical (unpaired) electrons. The van der Waals surface area contributed by atoms with Crippen molar-refractivity contribution in [1.82, 2.24) is 10.2 Å². The van der Waals surface area contributed by atoms with Crippen LogP contribution in [-0.2, 0) is 9.59 Å². The average molecular weight is 336 g/mol. The molecule has 1 saturated heterocycles. The molecular weight excluding hydrogens is 323 g/mol. The second kappa shape index (κ2) is 5.69. The standard InChI is InChI=1S/C15H13FN2O4S/c1-7-6-23-14-10(13(20)18(14)11(7)15(21)22)17-12(19)8-2-4-9(16)5-3-8/h2-5,10,14H,6H2,1H3,(H,17,19)(H,21,22)/t10-,14-/m1/s1. The molecule has 0 spiro atoms. The first-order valence-electron chi connectivity index (χ1n) is 6.84. The summed E-state index contributed by atoms with van der Waals surface area (Å²) in [5.74, 6) is -2.06. The smallest absolute Gasteiger partial charge is 0.352 e. The molecule has 2 aliphatic rings. The highest BCUT2D eigenvalue weighted by molar-refractivity contribution is 8.00. The molecule has 120 valence electrons. The van der Waals surface area contributed by atoms with Gasteiger partial charge in [-0.1, -0.05) is 0 Å². The van der Waals surface area contributed by atoms with Crippen LogP contribution in [0.2, 0.25) is 0 Å². The maximum absolute atomic E-state index is 12.9. The second-order valence-corrected chi connectivity index (χ2v) is 6.41. The first-order valence-corrected chi connectivity index (χ1v) is 7.89. The number of amides is 2. The summed E-state index contributed by atoms with van der Waals surface area (Å²) < 4.78 is 12.9. The van der Waals surface area contributed by atoms with Crippen molar-refractivity contribution in [2.45, 2.75) is 18.3 Å². The largest absolute Gasteiger partial charge is 0.477 e. The maximum Gasteiger partial charge on any atom is 0.352 e. The first-order chi connectivity index (χ1) is 10.9. The fraction of sp³-hybridized carbons (Fsp3) is 0.267. The van der Waals surface area contributed by atoms with Crippen LogP contribution in [0.25, 0.3) is 0 Å². The van der Waals surface area contributed by atoms with Crippen molar-refractivity contribution in [3.8, 4) is 0 Å². The monoisotopic (exact) mass is 336 g/mol. The molecule has 2 amide bonds. The SMILES string of the molecule is CC1=C(C(=O)O)N2C(=O)[C@@H](NC(=O)c3ccc(F)cc3)[C@H]2SC1. The number of carboxylic acid groups (broad SMARTS) is 1. The van der Waals surface area contributed by atoms with Crippen LogP contribution in [0.5, 0.6) is 0 Å². The highest BCUT2D eigenvalue weighted by atomic mass is 32.2. The Bertz CT molecular complexity index is 731. The minimum absolute atomic E-state index is 0.00830. The molecule has 0 saturated carbocycles. The minimum Gasteiger partial charge on any atom is -0.477 e. The second-order valence-electron chi connectivity index (χ2n) is 5.30. The van der Waals surface area contributed by atoms with Gasteiger partial charge in [-0.25, -0.2) is 9.18 Å². The molecule has 0 aromatic heterocycles. The Kier molecular flexibility index (Phi) is 3.85. The van der Waals surface area contributed by atoms with Crippen LogP contribution in [0, 0.1) is 5.82 Å². The van der Waals surface area contributed by atoms with Crippen LogP contribution >= 0.6 is 11.8 Å². The maximum atomic E-state index is 12.9. The van der Waals surface area contributed by atoms with Gasteiger partial charge in [-0.15, -0.1) is 11.8 Å². The van der Waals surface area contributed by atoms with Crippen LogP contribution in [-0.4, -0.2) is 45.0 Å². The summed E-state index contributed by atoms with van der Waals surface area (Å²) in [4.78, 5) is 36.8. The van der Waals surface area contributed by atoms with E-state index in [2.05, 4.69) is 5.32 Å². The van der Waals surface area contributed by atoms with Gasteiger partial charge in [-0.3, -0.25) is 14.5 Å². The molecule has 2 aliphatic heterocycles. The molecule has 1 fully saturated rings. The van der Waals surface area contributed by atoms with E-state index in [4.69, 9.17) is 0 Å². The lowest BCUT2D eigenvalue weighted by atomic mass is 10.0. The molecule has 2 heterocycles. The highest BCUT2D eigenvalue weighted by Gasteiger charge is 2.53. The zero-order chi connectivity index (χ0) is 16.7. The number of halogens is 1. The number of nitrogens with one attached hydrogen (secondary N) is 1. The van der Waals surface area contributed by atoms with E-state index >= 15 is 0 Å². The van der Waals surface area contributed by atoms with Crippen molar-refractivity contribution >= 4 is 29.5 Å². The van der Waals surface area contributed by atoms with Crippen LogP contribution in [0.3, 0.4) is 0 Å². The van der Waals surface area contributed by atoms with Gasteiger partial charge in [0.15, 0.2) is 0 Å². The summed E-state index contributed by atoms with van der Waals surface area (Å²) in [6.45, 7) is 1.67. The van der Waals surface area contributed by atoms with Crippen molar-refractivity contribution < 1.29 is 23.9 Å². The lowest BCUT2D eigenvalue weighted by molar-refractivity contribution is -0.148. The third-order valence-corrected chi connectivity index (χ3v) is 5.18. The zero-order valence-electron chi connectivity index (χ0n) is 12.1. The third kappa shape index (κ3) is 2.59. The number of rotatable bonds is 3. The lowest BCUT2D eigenvalue weighted by Crippen LogP contribution is -2.70. The van der Waals surface area contributed by atoms with E-state index in [-0.39, 0.29) is 11.3 Å². The summed E-state index contributed by atoms with van der Waals surface area (Å²) in [7, 11) is 0. The van der Waals surface area contributed by atoms with Crippen LogP contribution < -0.4 is 5.32 Å². The van der Waals surface area contributed by atoms with Gasteiger partial charge in [0.05, 0.1) is 0 Å². The molecule has 3 rings (SSSR count). The van der Waals surface area contributed by atoms with Gasteiger partial charge in [-0.2, -0.15) is 0 Å². The first kappa shape index (κ1) is 15.5. The predicted molar refractivity (Wildman–Crippen MR) is 81.1 cm³/mol. The van der Waals surface area contributed by atoms with Crippen LogP contribution in [0.4, 0.5) is 4.39 Å². The van der Waals surface area contributed by atoms with E-state index < -0.39 is 35.0 Å². The molecule has 23 heavy (non-hydrogen) atoms. The molecule has 2 N–H and O–H groups in total. The van der Waals surface area contributed by atoms with Crippen LogP contribution in [0.1, 0.15) is 17.3 Å². The number of carbonyl (C=O) groups is 3. The Hall–Kier alpha value is -2.35. The Morgan fingerprint density at radius 2 is 2.00 bits per heavy atom. The minimum atomic E-state index is -1.15. The van der Waals surface area contributed by atoms with Gasteiger partial charge < -0.3 is 10.4 Å². The summed E-state index contributed by atoms with van der Waals surface area (Å²) >= 11 is 1.40. The summed E-state index contributed by atoms with van der Waals surface area (Å²) in [5.41, 5.74) is 0.852. The van der Waals surface area contributed by atoms with Crippen LogP contribution in [0.15, 0.2) is 35.5 Å². The highest BCUT2D eigenvalue weighted by Crippen LogP contribution is 2.40. The molecule has 0 unspecified atom stereocenters. The summed E-state index contributed by atoms with van der Waals surface area (Å²) in [6.07, 6.45) is 0.